The van der Waals surface area contributed by atoms with Crippen molar-refractivity contribution in [3.63, 3.8) is 0 Å². The van der Waals surface area contributed by atoms with Crippen LogP contribution in [0.5, 0.6) is 0 Å². The summed E-state index contributed by atoms with van der Waals surface area (Å²) in [5.41, 5.74) is 2.87. The summed E-state index contributed by atoms with van der Waals surface area (Å²) >= 11 is 6.45. The molecule has 1 aromatic carbocycles. The van der Waals surface area contributed by atoms with Gasteiger partial charge in [-0.3, -0.25) is 9.41 Å². The normalized spacial score (nSPS) is 25.1. The first-order valence-electron chi connectivity index (χ1n) is 10.4. The minimum atomic E-state index is -0.211. The molecule has 1 saturated carbocycles. The number of halogens is 1. The third-order valence-electron chi connectivity index (χ3n) is 6.02. The predicted molar refractivity (Wildman–Crippen MR) is 112 cm³/mol. The molecular weight excluding hydrogens is 354 g/mol. The molecule has 3 nitrogen and oxygen atoms in total. The van der Waals surface area contributed by atoms with Gasteiger partial charge in [0.1, 0.15) is 0 Å². The fraction of sp³-hybridized carbons (Fsp3) is 0.565. The van der Waals surface area contributed by atoms with Crippen molar-refractivity contribution < 1.29 is 0 Å². The molecule has 0 bridgehead atoms. The summed E-state index contributed by atoms with van der Waals surface area (Å²) in [5.74, 6) is 1.83. The molecule has 27 heavy (non-hydrogen) atoms. The van der Waals surface area contributed by atoms with E-state index in [1.54, 1.807) is 4.42 Å². The van der Waals surface area contributed by atoms with Crippen LogP contribution in [0.25, 0.3) is 0 Å². The number of hydrogen-bond donors (Lipinski definition) is 0. The average molecular weight is 384 g/mol. The molecule has 144 valence electrons. The molecule has 0 amide bonds. The monoisotopic (exact) mass is 383 g/mol. The molecule has 1 heterocycles. The van der Waals surface area contributed by atoms with Crippen LogP contribution in [0.4, 0.5) is 0 Å². The van der Waals surface area contributed by atoms with Crippen LogP contribution in [0.3, 0.4) is 0 Å². The molecule has 0 N–H and O–H groups in total. The van der Waals surface area contributed by atoms with Gasteiger partial charge in [-0.05, 0) is 47.9 Å². The summed E-state index contributed by atoms with van der Waals surface area (Å²) in [6.07, 6.45) is 15.8. The topological polar surface area (TPSA) is 39.4 Å². The van der Waals surface area contributed by atoms with Gasteiger partial charge in [0.05, 0.1) is 11.6 Å². The lowest BCUT2D eigenvalue weighted by molar-refractivity contribution is 0.250. The highest BCUT2D eigenvalue weighted by molar-refractivity contribution is 6.14. The number of allylic oxidation sites excluding steroid dienone is 1. The minimum absolute atomic E-state index is 0.211. The Morgan fingerprint density at radius 1 is 1.11 bits per heavy atom. The molecule has 1 fully saturated rings. The summed E-state index contributed by atoms with van der Waals surface area (Å²) in [5, 5.41) is 8.92. The molecule has 2 aliphatic rings. The van der Waals surface area contributed by atoms with Gasteiger partial charge in [0.2, 0.25) is 0 Å². The van der Waals surface area contributed by atoms with Gasteiger partial charge in [0.25, 0.3) is 0 Å². The number of nitriles is 1. The van der Waals surface area contributed by atoms with E-state index in [9.17, 15) is 0 Å². The quantitative estimate of drug-likeness (QED) is 0.488. The Hall–Kier alpha value is -1.79. The van der Waals surface area contributed by atoms with Crippen LogP contribution in [-0.4, -0.2) is 10.6 Å². The molecule has 1 aromatic rings. The lowest BCUT2D eigenvalue weighted by atomic mass is 9.78. The van der Waals surface area contributed by atoms with Gasteiger partial charge in [-0.2, -0.15) is 5.26 Å². The largest absolute Gasteiger partial charge is 0.264 e. The number of aliphatic imine (C=N–C) groups is 1. The van der Waals surface area contributed by atoms with Crippen molar-refractivity contribution >= 4 is 18.0 Å². The Morgan fingerprint density at radius 3 is 2.37 bits per heavy atom. The smallest absolute Gasteiger partial charge is 0.161 e. The zero-order chi connectivity index (χ0) is 19.1. The van der Waals surface area contributed by atoms with E-state index in [-0.39, 0.29) is 6.17 Å². The summed E-state index contributed by atoms with van der Waals surface area (Å²) in [7, 11) is 0. The maximum atomic E-state index is 8.92. The van der Waals surface area contributed by atoms with Crippen LogP contribution >= 0.6 is 11.8 Å². The number of benzene rings is 1. The van der Waals surface area contributed by atoms with Gasteiger partial charge < -0.3 is 0 Å². The van der Waals surface area contributed by atoms with E-state index in [0.29, 0.717) is 5.56 Å². The highest BCUT2D eigenvalue weighted by Crippen LogP contribution is 2.35. The van der Waals surface area contributed by atoms with Gasteiger partial charge in [-0.25, -0.2) is 0 Å². The van der Waals surface area contributed by atoms with Crippen molar-refractivity contribution in [1.29, 1.82) is 5.26 Å². The third kappa shape index (κ3) is 5.59. The SMILES string of the molecule is CCCCC1CCC(CCC2=CN(Cl)C(c3ccc(C#N)cc3)N=C2)CC1. The maximum Gasteiger partial charge on any atom is 0.161 e. The molecular formula is C23H30ClN3. The Balaban J connectivity index is 1.46. The van der Waals surface area contributed by atoms with Crippen molar-refractivity contribution in [2.24, 2.45) is 16.8 Å². The van der Waals surface area contributed by atoms with E-state index in [0.717, 1.165) is 23.8 Å². The van der Waals surface area contributed by atoms with E-state index in [1.807, 2.05) is 36.7 Å². The van der Waals surface area contributed by atoms with Gasteiger partial charge in [-0.1, -0.05) is 64.0 Å². The van der Waals surface area contributed by atoms with Crippen molar-refractivity contribution in [3.05, 3.63) is 47.2 Å². The molecule has 0 spiro atoms. The van der Waals surface area contributed by atoms with E-state index < -0.39 is 0 Å². The molecule has 4 heteroatoms. The van der Waals surface area contributed by atoms with Crippen molar-refractivity contribution in [1.82, 2.24) is 4.42 Å². The fourth-order valence-electron chi connectivity index (χ4n) is 4.25. The zero-order valence-corrected chi connectivity index (χ0v) is 17.0. The first kappa shape index (κ1) is 20.0. The van der Waals surface area contributed by atoms with Gasteiger partial charge in [0, 0.05) is 24.2 Å². The number of unbranched alkanes of at least 4 members (excludes halogenated alkanes) is 1. The summed E-state index contributed by atoms with van der Waals surface area (Å²) < 4.78 is 1.67. The van der Waals surface area contributed by atoms with Crippen LogP contribution in [0, 0.1) is 23.2 Å². The Morgan fingerprint density at radius 2 is 1.78 bits per heavy atom. The molecule has 1 aliphatic heterocycles. The van der Waals surface area contributed by atoms with Crippen molar-refractivity contribution in [3.8, 4) is 6.07 Å². The van der Waals surface area contributed by atoms with Crippen LogP contribution < -0.4 is 0 Å². The van der Waals surface area contributed by atoms with Gasteiger partial charge in [0.15, 0.2) is 6.17 Å². The minimum Gasteiger partial charge on any atom is -0.264 e. The van der Waals surface area contributed by atoms with Crippen LogP contribution in [0.15, 0.2) is 41.0 Å². The van der Waals surface area contributed by atoms with E-state index in [2.05, 4.69) is 18.0 Å². The number of rotatable bonds is 7. The predicted octanol–water partition coefficient (Wildman–Crippen LogP) is 6.76. The van der Waals surface area contributed by atoms with Gasteiger partial charge in [-0.15, -0.1) is 0 Å². The molecule has 0 saturated heterocycles. The van der Waals surface area contributed by atoms with Gasteiger partial charge >= 0.3 is 0 Å². The lowest BCUT2D eigenvalue weighted by Crippen LogP contribution is -2.18. The number of hydrogen-bond acceptors (Lipinski definition) is 3. The highest BCUT2D eigenvalue weighted by atomic mass is 35.5. The fourth-order valence-corrected chi connectivity index (χ4v) is 4.54. The number of nitrogens with zero attached hydrogens (tertiary/aromatic N) is 3. The Labute approximate surface area is 168 Å². The highest BCUT2D eigenvalue weighted by Gasteiger charge is 2.22. The maximum absolute atomic E-state index is 8.92. The van der Waals surface area contributed by atoms with Crippen molar-refractivity contribution in [2.75, 3.05) is 0 Å². The Kier molecular flexibility index (Phi) is 7.35. The van der Waals surface area contributed by atoms with E-state index in [1.165, 1.54) is 56.9 Å². The molecule has 0 aromatic heterocycles. The van der Waals surface area contributed by atoms with Crippen molar-refractivity contribution in [2.45, 2.75) is 70.9 Å². The second-order valence-corrected chi connectivity index (χ2v) is 8.39. The third-order valence-corrected chi connectivity index (χ3v) is 6.30. The van der Waals surface area contributed by atoms with Crippen LogP contribution in [0.1, 0.15) is 82.0 Å². The van der Waals surface area contributed by atoms with Crippen LogP contribution in [0.2, 0.25) is 0 Å². The van der Waals surface area contributed by atoms with E-state index in [4.69, 9.17) is 17.0 Å². The molecule has 1 aliphatic carbocycles. The van der Waals surface area contributed by atoms with E-state index >= 15 is 0 Å². The zero-order valence-electron chi connectivity index (χ0n) is 16.3. The molecule has 1 unspecified atom stereocenters. The molecule has 0 radical (unpaired) electrons. The summed E-state index contributed by atoms with van der Waals surface area (Å²) in [6, 6.07) is 9.61. The standard InChI is InChI=1S/C23H30ClN3/c1-2-3-4-18-5-7-19(8-6-18)9-10-21-16-26-23(27(24)17-21)22-13-11-20(15-25)12-14-22/h11-14,16-19,23H,2-10H2,1H3. The first-order chi connectivity index (χ1) is 13.2. The van der Waals surface area contributed by atoms with Crippen LogP contribution in [-0.2, 0) is 0 Å². The average Bonchev–Trinajstić information content (AvgIpc) is 2.72. The summed E-state index contributed by atoms with van der Waals surface area (Å²) in [4.78, 5) is 4.64. The second-order valence-electron chi connectivity index (χ2n) is 8.00. The Bertz CT molecular complexity index is 693. The second kappa shape index (κ2) is 9.95. The lowest BCUT2D eigenvalue weighted by Gasteiger charge is -2.29. The summed E-state index contributed by atoms with van der Waals surface area (Å²) in [6.45, 7) is 2.29. The first-order valence-corrected chi connectivity index (χ1v) is 10.7. The molecule has 3 rings (SSSR count). The molecule has 1 atom stereocenters.